The summed E-state index contributed by atoms with van der Waals surface area (Å²) in [5.41, 5.74) is 0.0341. The lowest BCUT2D eigenvalue weighted by atomic mass is 9.74. The fourth-order valence-corrected chi connectivity index (χ4v) is 4.60. The third-order valence-electron chi connectivity index (χ3n) is 4.46. The van der Waals surface area contributed by atoms with Gasteiger partial charge in [-0.2, -0.15) is 0 Å². The first-order valence-corrected chi connectivity index (χ1v) is 8.91. The van der Waals surface area contributed by atoms with Gasteiger partial charge in [-0.25, -0.2) is 8.42 Å². The molecule has 0 radical (unpaired) electrons. The molecule has 1 N–H and O–H groups in total. The lowest BCUT2D eigenvalue weighted by Crippen LogP contribution is -2.42. The van der Waals surface area contributed by atoms with E-state index in [0.717, 1.165) is 32.4 Å². The molecule has 1 saturated heterocycles. The molecule has 0 amide bonds. The molecule has 0 atom stereocenters. The minimum absolute atomic E-state index is 0.0341. The first-order chi connectivity index (χ1) is 8.55. The minimum atomic E-state index is -2.82. The molecule has 5 heteroatoms. The van der Waals surface area contributed by atoms with Gasteiger partial charge in [-0.3, -0.25) is 0 Å². The highest BCUT2D eigenvalue weighted by Gasteiger charge is 2.34. The van der Waals surface area contributed by atoms with Gasteiger partial charge in [0.1, 0.15) is 0 Å². The van der Waals surface area contributed by atoms with Crippen LogP contribution in [0.4, 0.5) is 0 Å². The summed E-state index contributed by atoms with van der Waals surface area (Å²) < 4.78 is 23.2. The zero-order valence-electron chi connectivity index (χ0n) is 11.1. The quantitative estimate of drug-likeness (QED) is 0.836. The topological polar surface area (TPSA) is 57.6 Å². The molecule has 2 fully saturated rings. The van der Waals surface area contributed by atoms with E-state index in [0.29, 0.717) is 12.3 Å². The summed E-state index contributed by atoms with van der Waals surface area (Å²) in [5.74, 6) is 0.615. The summed E-state index contributed by atoms with van der Waals surface area (Å²) >= 11 is 0. The van der Waals surface area contributed by atoms with Crippen LogP contribution in [0.1, 0.15) is 38.5 Å². The molecule has 0 unspecified atom stereocenters. The van der Waals surface area contributed by atoms with Crippen LogP contribution >= 0.6 is 0 Å². The van der Waals surface area contributed by atoms with Gasteiger partial charge in [0, 0.05) is 25.1 Å². The van der Waals surface area contributed by atoms with Crippen molar-refractivity contribution in [3.05, 3.63) is 0 Å². The zero-order chi connectivity index (χ0) is 13.1. The number of nitrogens with zero attached hydrogens (tertiary/aromatic N) is 1. The van der Waals surface area contributed by atoms with Crippen LogP contribution in [0.5, 0.6) is 0 Å². The van der Waals surface area contributed by atoms with Gasteiger partial charge in [0.25, 0.3) is 0 Å². The molecular weight excluding hydrogens is 250 g/mol. The summed E-state index contributed by atoms with van der Waals surface area (Å²) in [6.45, 7) is 2.63. The van der Waals surface area contributed by atoms with Gasteiger partial charge >= 0.3 is 0 Å². The molecule has 2 aliphatic rings. The van der Waals surface area contributed by atoms with E-state index < -0.39 is 9.84 Å². The van der Waals surface area contributed by atoms with E-state index in [9.17, 15) is 13.5 Å². The predicted octanol–water partition coefficient (Wildman–Crippen LogP) is 1.05. The number of aliphatic hydroxyl groups excluding tert-OH is 1. The van der Waals surface area contributed by atoms with Crippen LogP contribution in [0.25, 0.3) is 0 Å². The van der Waals surface area contributed by atoms with Crippen molar-refractivity contribution >= 4 is 9.84 Å². The molecule has 0 bridgehead atoms. The molecule has 4 nitrogen and oxygen atoms in total. The zero-order valence-corrected chi connectivity index (χ0v) is 11.9. The molecular formula is C13H25NO3S. The molecule has 2 rings (SSSR count). The van der Waals surface area contributed by atoms with E-state index in [4.69, 9.17) is 0 Å². The Morgan fingerprint density at radius 2 is 1.72 bits per heavy atom. The van der Waals surface area contributed by atoms with Crippen molar-refractivity contribution in [3.8, 4) is 0 Å². The van der Waals surface area contributed by atoms with Crippen LogP contribution in [0.3, 0.4) is 0 Å². The maximum atomic E-state index is 11.6. The second-order valence-electron chi connectivity index (χ2n) is 6.00. The van der Waals surface area contributed by atoms with Gasteiger partial charge in [0.15, 0.2) is 9.84 Å². The minimum Gasteiger partial charge on any atom is -0.396 e. The van der Waals surface area contributed by atoms with Crippen molar-refractivity contribution in [3.63, 3.8) is 0 Å². The van der Waals surface area contributed by atoms with Crippen molar-refractivity contribution in [2.75, 3.05) is 37.7 Å². The molecule has 0 spiro atoms. The highest BCUT2D eigenvalue weighted by atomic mass is 32.2. The third-order valence-corrected chi connectivity index (χ3v) is 6.17. The van der Waals surface area contributed by atoms with Crippen molar-refractivity contribution < 1.29 is 13.5 Å². The lowest BCUT2D eigenvalue weighted by Gasteiger charge is -2.39. The number of rotatable bonds is 3. The van der Waals surface area contributed by atoms with Crippen LogP contribution in [0.2, 0.25) is 0 Å². The summed E-state index contributed by atoms with van der Waals surface area (Å²) in [7, 11) is -2.82. The fraction of sp³-hybridized carbons (Fsp3) is 1.00. The normalized spacial score (nSPS) is 28.7. The van der Waals surface area contributed by atoms with Gasteiger partial charge < -0.3 is 10.0 Å². The van der Waals surface area contributed by atoms with Gasteiger partial charge in [-0.1, -0.05) is 19.3 Å². The standard InChI is InChI=1S/C13H25NO3S/c15-12-13(5-2-1-3-6-13)11-14-7-4-9-18(16,17)10-8-14/h15H,1-12H2. The van der Waals surface area contributed by atoms with E-state index in [1.165, 1.54) is 19.3 Å². The summed E-state index contributed by atoms with van der Waals surface area (Å²) in [6.07, 6.45) is 6.60. The molecule has 106 valence electrons. The van der Waals surface area contributed by atoms with E-state index in [-0.39, 0.29) is 17.8 Å². The molecule has 1 saturated carbocycles. The van der Waals surface area contributed by atoms with Gasteiger partial charge in [-0.15, -0.1) is 0 Å². The molecule has 0 aromatic carbocycles. The van der Waals surface area contributed by atoms with E-state index in [1.54, 1.807) is 0 Å². The number of hydrogen-bond donors (Lipinski definition) is 1. The Morgan fingerprint density at radius 1 is 1.00 bits per heavy atom. The molecule has 0 aromatic rings. The Balaban J connectivity index is 1.95. The monoisotopic (exact) mass is 275 g/mol. The molecule has 1 heterocycles. The van der Waals surface area contributed by atoms with Crippen LogP contribution in [0.15, 0.2) is 0 Å². The van der Waals surface area contributed by atoms with Gasteiger partial charge in [-0.05, 0) is 25.8 Å². The summed E-state index contributed by atoms with van der Waals surface area (Å²) in [6, 6.07) is 0. The molecule has 1 aliphatic heterocycles. The second-order valence-corrected chi connectivity index (χ2v) is 8.30. The second kappa shape index (κ2) is 5.88. The van der Waals surface area contributed by atoms with E-state index in [1.807, 2.05) is 0 Å². The first kappa shape index (κ1) is 14.3. The van der Waals surface area contributed by atoms with Gasteiger partial charge in [0.05, 0.1) is 11.5 Å². The lowest BCUT2D eigenvalue weighted by molar-refractivity contribution is 0.0428. The maximum Gasteiger partial charge on any atom is 0.151 e. The smallest absolute Gasteiger partial charge is 0.151 e. The molecule has 0 aromatic heterocycles. The van der Waals surface area contributed by atoms with Crippen LogP contribution in [-0.2, 0) is 9.84 Å². The van der Waals surface area contributed by atoms with Crippen molar-refractivity contribution in [2.24, 2.45) is 5.41 Å². The molecule has 1 aliphatic carbocycles. The Kier molecular flexibility index (Phi) is 4.67. The number of hydrogen-bond acceptors (Lipinski definition) is 4. The highest BCUT2D eigenvalue weighted by molar-refractivity contribution is 7.91. The van der Waals surface area contributed by atoms with Crippen molar-refractivity contribution in [1.29, 1.82) is 0 Å². The van der Waals surface area contributed by atoms with E-state index >= 15 is 0 Å². The average Bonchev–Trinajstić information content (AvgIpc) is 2.52. The van der Waals surface area contributed by atoms with Crippen molar-refractivity contribution in [1.82, 2.24) is 4.90 Å². The largest absolute Gasteiger partial charge is 0.396 e. The number of sulfone groups is 1. The Morgan fingerprint density at radius 3 is 2.39 bits per heavy atom. The highest BCUT2D eigenvalue weighted by Crippen LogP contribution is 2.36. The summed E-state index contributed by atoms with van der Waals surface area (Å²) in [5, 5.41) is 9.70. The molecule has 18 heavy (non-hydrogen) atoms. The van der Waals surface area contributed by atoms with E-state index in [2.05, 4.69) is 4.90 Å². The van der Waals surface area contributed by atoms with Crippen LogP contribution < -0.4 is 0 Å². The van der Waals surface area contributed by atoms with Gasteiger partial charge in [0.2, 0.25) is 0 Å². The predicted molar refractivity (Wildman–Crippen MR) is 72.3 cm³/mol. The average molecular weight is 275 g/mol. The maximum absolute atomic E-state index is 11.6. The fourth-order valence-electron chi connectivity index (χ4n) is 3.29. The Hall–Kier alpha value is -0.130. The summed E-state index contributed by atoms with van der Waals surface area (Å²) in [4.78, 5) is 2.26. The Bertz CT molecular complexity index is 360. The Labute approximate surface area is 110 Å². The van der Waals surface area contributed by atoms with Crippen molar-refractivity contribution in [2.45, 2.75) is 38.5 Å². The third kappa shape index (κ3) is 3.68. The first-order valence-electron chi connectivity index (χ1n) is 7.09. The SMILES string of the molecule is O=S1(=O)CCCN(CC2(CO)CCCCC2)CC1. The van der Waals surface area contributed by atoms with Crippen LogP contribution in [-0.4, -0.2) is 56.2 Å². The number of aliphatic hydroxyl groups is 1. The van der Waals surface area contributed by atoms with Crippen LogP contribution in [0, 0.1) is 5.41 Å².